The first-order valence-electron chi connectivity index (χ1n) is 6.97. The normalized spacial score (nSPS) is 20.8. The summed E-state index contributed by atoms with van der Waals surface area (Å²) < 4.78 is 0. The number of fused-ring (bicyclic) bond motifs is 1. The van der Waals surface area contributed by atoms with Gasteiger partial charge >= 0.3 is 0 Å². The molecule has 1 aliphatic heterocycles. The van der Waals surface area contributed by atoms with Crippen molar-refractivity contribution in [1.82, 2.24) is 10.3 Å². The molecular weight excluding hydrogens is 220 g/mol. The second-order valence-electron chi connectivity index (χ2n) is 5.24. The van der Waals surface area contributed by atoms with E-state index in [-0.39, 0.29) is 0 Å². The number of pyridine rings is 1. The molecule has 2 heteroatoms. The van der Waals surface area contributed by atoms with E-state index in [2.05, 4.69) is 34.6 Å². The van der Waals surface area contributed by atoms with Gasteiger partial charge in [0.15, 0.2) is 0 Å². The molecule has 1 aliphatic rings. The minimum Gasteiger partial charge on any atom is -0.317 e. The van der Waals surface area contributed by atoms with E-state index in [4.69, 9.17) is 0 Å². The van der Waals surface area contributed by atoms with Gasteiger partial charge in [0, 0.05) is 11.6 Å². The maximum absolute atomic E-state index is 4.44. The summed E-state index contributed by atoms with van der Waals surface area (Å²) in [7, 11) is 0. The molecule has 1 atom stereocenters. The van der Waals surface area contributed by atoms with E-state index in [1.165, 1.54) is 49.7 Å². The molecule has 1 saturated heterocycles. The van der Waals surface area contributed by atoms with Crippen LogP contribution in [0.2, 0.25) is 0 Å². The molecule has 1 fully saturated rings. The number of hydrogen-bond donors (Lipinski definition) is 1. The number of rotatable bonds is 2. The van der Waals surface area contributed by atoms with Crippen LogP contribution in [0.3, 0.4) is 0 Å². The summed E-state index contributed by atoms with van der Waals surface area (Å²) in [6.07, 6.45) is 7.04. The highest BCUT2D eigenvalue weighted by Crippen LogP contribution is 2.24. The van der Waals surface area contributed by atoms with Gasteiger partial charge in [0.05, 0.1) is 5.52 Å². The van der Waals surface area contributed by atoms with Crippen LogP contribution in [0.1, 0.15) is 24.8 Å². The van der Waals surface area contributed by atoms with Crippen LogP contribution in [0, 0.1) is 5.92 Å². The predicted molar refractivity (Wildman–Crippen MR) is 75.7 cm³/mol. The summed E-state index contributed by atoms with van der Waals surface area (Å²) in [5, 5.41) is 4.82. The molecule has 0 radical (unpaired) electrons. The Morgan fingerprint density at radius 2 is 2.11 bits per heavy atom. The lowest BCUT2D eigenvalue weighted by Gasteiger charge is -2.15. The molecule has 2 nitrogen and oxygen atoms in total. The Bertz CT molecular complexity index is 508. The van der Waals surface area contributed by atoms with Crippen molar-refractivity contribution >= 4 is 10.9 Å². The number of nitrogens with zero attached hydrogens (tertiary/aromatic N) is 1. The highest BCUT2D eigenvalue weighted by atomic mass is 14.8. The molecule has 1 aromatic carbocycles. The van der Waals surface area contributed by atoms with Crippen molar-refractivity contribution in [2.45, 2.75) is 25.7 Å². The quantitative estimate of drug-likeness (QED) is 0.872. The first-order valence-corrected chi connectivity index (χ1v) is 6.97. The van der Waals surface area contributed by atoms with Gasteiger partial charge in [-0.2, -0.15) is 0 Å². The molecule has 3 rings (SSSR count). The number of nitrogens with one attached hydrogen (secondary N) is 1. The summed E-state index contributed by atoms with van der Waals surface area (Å²) in [6, 6.07) is 10.8. The third-order valence-corrected chi connectivity index (χ3v) is 3.94. The zero-order valence-corrected chi connectivity index (χ0v) is 10.7. The van der Waals surface area contributed by atoms with Gasteiger partial charge in [0.25, 0.3) is 0 Å². The van der Waals surface area contributed by atoms with Crippen molar-refractivity contribution in [2.75, 3.05) is 13.1 Å². The van der Waals surface area contributed by atoms with E-state index in [0.717, 1.165) is 11.4 Å². The third-order valence-electron chi connectivity index (χ3n) is 3.94. The number of hydrogen-bond acceptors (Lipinski definition) is 2. The molecule has 0 spiro atoms. The average Bonchev–Trinajstić information content (AvgIpc) is 2.68. The minimum atomic E-state index is 0.825. The molecule has 0 amide bonds. The van der Waals surface area contributed by atoms with Gasteiger partial charge in [-0.05, 0) is 62.4 Å². The van der Waals surface area contributed by atoms with E-state index >= 15 is 0 Å². The van der Waals surface area contributed by atoms with Crippen LogP contribution in [0.25, 0.3) is 10.9 Å². The first kappa shape index (κ1) is 11.7. The molecule has 0 bridgehead atoms. The van der Waals surface area contributed by atoms with Gasteiger partial charge in [-0.25, -0.2) is 0 Å². The molecule has 0 aliphatic carbocycles. The average molecular weight is 240 g/mol. The Morgan fingerprint density at radius 3 is 3.11 bits per heavy atom. The van der Waals surface area contributed by atoms with Gasteiger partial charge in [-0.1, -0.05) is 18.2 Å². The van der Waals surface area contributed by atoms with Crippen LogP contribution in [0.4, 0.5) is 0 Å². The van der Waals surface area contributed by atoms with Crippen LogP contribution < -0.4 is 5.32 Å². The van der Waals surface area contributed by atoms with Crippen LogP contribution >= 0.6 is 0 Å². The second-order valence-corrected chi connectivity index (χ2v) is 5.24. The van der Waals surface area contributed by atoms with Crippen LogP contribution in [-0.4, -0.2) is 18.1 Å². The maximum atomic E-state index is 4.44. The summed E-state index contributed by atoms with van der Waals surface area (Å²) in [5.74, 6) is 0.825. The fourth-order valence-corrected chi connectivity index (χ4v) is 2.95. The van der Waals surface area contributed by atoms with E-state index < -0.39 is 0 Å². The van der Waals surface area contributed by atoms with E-state index in [9.17, 15) is 0 Å². The zero-order valence-electron chi connectivity index (χ0n) is 10.7. The van der Waals surface area contributed by atoms with Crippen LogP contribution in [0.5, 0.6) is 0 Å². The fraction of sp³-hybridized carbons (Fsp3) is 0.438. The molecule has 1 N–H and O–H groups in total. The third kappa shape index (κ3) is 2.54. The van der Waals surface area contributed by atoms with Gasteiger partial charge < -0.3 is 5.32 Å². The topological polar surface area (TPSA) is 24.9 Å². The zero-order chi connectivity index (χ0) is 12.2. The van der Waals surface area contributed by atoms with Crippen molar-refractivity contribution in [3.05, 3.63) is 42.1 Å². The second kappa shape index (κ2) is 5.49. The smallest absolute Gasteiger partial charge is 0.0704 e. The summed E-state index contributed by atoms with van der Waals surface area (Å²) >= 11 is 0. The Balaban J connectivity index is 1.85. The molecule has 0 unspecified atom stereocenters. The highest BCUT2D eigenvalue weighted by Gasteiger charge is 2.13. The SMILES string of the molecule is c1cc(C[C@@H]2CCCNCC2)c2cccnc2c1. The van der Waals surface area contributed by atoms with Gasteiger partial charge in [-0.15, -0.1) is 0 Å². The van der Waals surface area contributed by atoms with E-state index in [1.807, 2.05) is 12.3 Å². The fourth-order valence-electron chi connectivity index (χ4n) is 2.95. The predicted octanol–water partition coefficient (Wildman–Crippen LogP) is 3.17. The van der Waals surface area contributed by atoms with Crippen molar-refractivity contribution in [1.29, 1.82) is 0 Å². The largest absolute Gasteiger partial charge is 0.317 e. The summed E-state index contributed by atoms with van der Waals surface area (Å²) in [6.45, 7) is 2.36. The monoisotopic (exact) mass is 240 g/mol. The lowest BCUT2D eigenvalue weighted by molar-refractivity contribution is 0.471. The van der Waals surface area contributed by atoms with Crippen molar-refractivity contribution in [2.24, 2.45) is 5.92 Å². The van der Waals surface area contributed by atoms with Gasteiger partial charge in [-0.3, -0.25) is 4.98 Å². The lowest BCUT2D eigenvalue weighted by Crippen LogP contribution is -2.14. The minimum absolute atomic E-state index is 0.825. The van der Waals surface area contributed by atoms with Crippen LogP contribution in [-0.2, 0) is 6.42 Å². The highest BCUT2D eigenvalue weighted by molar-refractivity contribution is 5.81. The van der Waals surface area contributed by atoms with Gasteiger partial charge in [0.1, 0.15) is 0 Å². The standard InChI is InChI=1S/C16H20N2/c1-5-14(12-13-4-2-9-17-11-8-13)15-6-3-10-18-16(15)7-1/h1,3,5-7,10,13,17H,2,4,8-9,11-12H2/t13-/m1/s1. The first-order chi connectivity index (χ1) is 8.93. The molecular formula is C16H20N2. The Kier molecular flexibility index (Phi) is 3.56. The van der Waals surface area contributed by atoms with Crippen molar-refractivity contribution in [3.63, 3.8) is 0 Å². The number of benzene rings is 1. The van der Waals surface area contributed by atoms with Crippen LogP contribution in [0.15, 0.2) is 36.5 Å². The summed E-state index contributed by atoms with van der Waals surface area (Å²) in [4.78, 5) is 4.44. The Morgan fingerprint density at radius 1 is 1.11 bits per heavy atom. The number of aromatic nitrogens is 1. The van der Waals surface area contributed by atoms with E-state index in [1.54, 1.807) is 0 Å². The summed E-state index contributed by atoms with van der Waals surface area (Å²) in [5.41, 5.74) is 2.59. The Labute approximate surface area is 108 Å². The Hall–Kier alpha value is -1.41. The van der Waals surface area contributed by atoms with Crippen molar-refractivity contribution in [3.8, 4) is 0 Å². The molecule has 94 valence electrons. The maximum Gasteiger partial charge on any atom is 0.0704 e. The lowest BCUT2D eigenvalue weighted by atomic mass is 9.91. The van der Waals surface area contributed by atoms with E-state index in [0.29, 0.717) is 0 Å². The molecule has 2 heterocycles. The van der Waals surface area contributed by atoms with Gasteiger partial charge in [0.2, 0.25) is 0 Å². The molecule has 18 heavy (non-hydrogen) atoms. The molecule has 0 saturated carbocycles. The molecule has 1 aromatic heterocycles. The van der Waals surface area contributed by atoms with Crippen molar-refractivity contribution < 1.29 is 0 Å². The molecule has 2 aromatic rings.